The first-order chi connectivity index (χ1) is 15.9. The predicted octanol–water partition coefficient (Wildman–Crippen LogP) is 1.43. The number of carbonyl (C=O) groups excluding carboxylic acids is 4. The summed E-state index contributed by atoms with van der Waals surface area (Å²) in [5.74, 6) is -0.138. The molecule has 5 amide bonds. The molecule has 2 fully saturated rings. The van der Waals surface area contributed by atoms with Gasteiger partial charge in [0, 0.05) is 26.2 Å². The van der Waals surface area contributed by atoms with Crippen LogP contribution in [0.25, 0.3) is 0 Å². The van der Waals surface area contributed by atoms with Gasteiger partial charge >= 0.3 is 6.03 Å². The van der Waals surface area contributed by atoms with E-state index in [-0.39, 0.29) is 24.1 Å². The molecule has 0 radical (unpaired) electrons. The van der Waals surface area contributed by atoms with E-state index in [2.05, 4.69) is 5.32 Å². The maximum atomic E-state index is 13.3. The number of piperazine rings is 1. The van der Waals surface area contributed by atoms with E-state index in [4.69, 9.17) is 9.15 Å². The van der Waals surface area contributed by atoms with Gasteiger partial charge in [0.1, 0.15) is 17.8 Å². The molecule has 3 heterocycles. The number of rotatable bonds is 6. The number of ether oxygens (including phenoxy) is 1. The van der Waals surface area contributed by atoms with Crippen molar-refractivity contribution in [3.8, 4) is 5.75 Å². The summed E-state index contributed by atoms with van der Waals surface area (Å²) >= 11 is 0. The standard InChI is InChI=1S/C23H26N4O6/c1-3-23(16-6-8-17(32-2)9-7-16)21(30)27(22(31)24-23)15-19(28)25-10-12-26(13-11-25)20(29)18-5-4-14-33-18/h4-9,14H,3,10-13,15H2,1-2H3,(H,24,31)/t23-/m1/s1. The van der Waals surface area contributed by atoms with E-state index in [9.17, 15) is 19.2 Å². The lowest BCUT2D eigenvalue weighted by Crippen LogP contribution is -2.53. The Hall–Kier alpha value is -3.82. The quantitative estimate of drug-likeness (QED) is 0.661. The van der Waals surface area contributed by atoms with Gasteiger partial charge < -0.3 is 24.3 Å². The number of urea groups is 1. The number of furan rings is 1. The molecule has 1 aromatic heterocycles. The number of hydrogen-bond donors (Lipinski definition) is 1. The molecule has 0 bridgehead atoms. The van der Waals surface area contributed by atoms with Gasteiger partial charge in [-0.15, -0.1) is 0 Å². The first-order valence-electron chi connectivity index (χ1n) is 10.8. The number of hydrogen-bond acceptors (Lipinski definition) is 6. The molecule has 2 aromatic rings. The van der Waals surface area contributed by atoms with E-state index in [0.717, 1.165) is 4.90 Å². The number of nitrogens with one attached hydrogen (secondary N) is 1. The molecule has 4 rings (SSSR count). The molecule has 2 saturated heterocycles. The fraction of sp³-hybridized carbons (Fsp3) is 0.391. The Kier molecular flexibility index (Phi) is 6.08. The molecule has 10 nitrogen and oxygen atoms in total. The highest BCUT2D eigenvalue weighted by atomic mass is 16.5. The molecular weight excluding hydrogens is 428 g/mol. The Morgan fingerprint density at radius 3 is 2.30 bits per heavy atom. The van der Waals surface area contributed by atoms with Crippen LogP contribution in [0.5, 0.6) is 5.75 Å². The number of methoxy groups -OCH3 is 1. The lowest BCUT2D eigenvalue weighted by molar-refractivity contribution is -0.140. The van der Waals surface area contributed by atoms with Crippen molar-refractivity contribution in [2.45, 2.75) is 18.9 Å². The van der Waals surface area contributed by atoms with Crippen LogP contribution in [0.4, 0.5) is 4.79 Å². The summed E-state index contributed by atoms with van der Waals surface area (Å²) in [6.07, 6.45) is 1.77. The Morgan fingerprint density at radius 2 is 1.73 bits per heavy atom. The smallest absolute Gasteiger partial charge is 0.325 e. The molecule has 174 valence electrons. The SMILES string of the molecule is CC[C@]1(c2ccc(OC)cc2)NC(=O)N(CC(=O)N2CCN(C(=O)c3ccco3)CC2)C1=O. The molecule has 0 spiro atoms. The second-order valence-electron chi connectivity index (χ2n) is 7.96. The Bertz CT molecular complexity index is 1040. The van der Waals surface area contributed by atoms with Crippen LogP contribution in [-0.2, 0) is 15.1 Å². The zero-order valence-electron chi connectivity index (χ0n) is 18.6. The van der Waals surface area contributed by atoms with Gasteiger partial charge in [0.05, 0.1) is 13.4 Å². The predicted molar refractivity (Wildman–Crippen MR) is 116 cm³/mol. The third kappa shape index (κ3) is 4.04. The van der Waals surface area contributed by atoms with Gasteiger partial charge in [-0.05, 0) is 36.2 Å². The van der Waals surface area contributed by atoms with E-state index in [1.807, 2.05) is 6.92 Å². The molecule has 1 N–H and O–H groups in total. The van der Waals surface area contributed by atoms with Gasteiger partial charge in [-0.25, -0.2) is 4.79 Å². The number of nitrogens with zero attached hydrogens (tertiary/aromatic N) is 3. The maximum absolute atomic E-state index is 13.3. The lowest BCUT2D eigenvalue weighted by atomic mass is 9.87. The van der Waals surface area contributed by atoms with Gasteiger partial charge in [0.2, 0.25) is 5.91 Å². The second-order valence-corrected chi connectivity index (χ2v) is 7.96. The maximum Gasteiger partial charge on any atom is 0.325 e. The minimum atomic E-state index is -1.22. The lowest BCUT2D eigenvalue weighted by Gasteiger charge is -2.35. The van der Waals surface area contributed by atoms with Crippen molar-refractivity contribution in [3.63, 3.8) is 0 Å². The number of benzene rings is 1. The van der Waals surface area contributed by atoms with E-state index >= 15 is 0 Å². The Labute approximate surface area is 191 Å². The van der Waals surface area contributed by atoms with Gasteiger partial charge in [0.25, 0.3) is 11.8 Å². The van der Waals surface area contributed by atoms with E-state index in [1.165, 1.54) is 6.26 Å². The summed E-state index contributed by atoms with van der Waals surface area (Å²) in [5.41, 5.74) is -0.596. The van der Waals surface area contributed by atoms with Crippen molar-refractivity contribution in [1.29, 1.82) is 0 Å². The molecule has 0 saturated carbocycles. The molecule has 0 aliphatic carbocycles. The summed E-state index contributed by atoms with van der Waals surface area (Å²) in [6, 6.07) is 9.57. The molecule has 0 unspecified atom stereocenters. The highest BCUT2D eigenvalue weighted by Gasteiger charge is 2.51. The average molecular weight is 454 g/mol. The van der Waals surface area contributed by atoms with Crippen molar-refractivity contribution in [2.75, 3.05) is 39.8 Å². The van der Waals surface area contributed by atoms with E-state index < -0.39 is 17.5 Å². The molecule has 2 aliphatic heterocycles. The van der Waals surface area contributed by atoms with Gasteiger partial charge in [-0.2, -0.15) is 0 Å². The van der Waals surface area contributed by atoms with Gasteiger partial charge in [0.15, 0.2) is 5.76 Å². The first kappa shape index (κ1) is 22.4. The summed E-state index contributed by atoms with van der Waals surface area (Å²) in [5, 5.41) is 2.78. The zero-order chi connectivity index (χ0) is 23.6. The van der Waals surface area contributed by atoms with Crippen molar-refractivity contribution >= 4 is 23.8 Å². The van der Waals surface area contributed by atoms with Crippen LogP contribution < -0.4 is 10.1 Å². The van der Waals surface area contributed by atoms with Crippen molar-refractivity contribution in [2.24, 2.45) is 0 Å². The number of imide groups is 1. The first-order valence-corrected chi connectivity index (χ1v) is 10.8. The molecule has 33 heavy (non-hydrogen) atoms. The number of carbonyl (C=O) groups is 4. The third-order valence-electron chi connectivity index (χ3n) is 6.23. The second kappa shape index (κ2) is 8.97. The van der Waals surface area contributed by atoms with Crippen LogP contribution in [0, 0.1) is 0 Å². The fourth-order valence-corrected chi connectivity index (χ4v) is 4.23. The normalized spacial score (nSPS) is 20.7. The van der Waals surface area contributed by atoms with Crippen molar-refractivity contribution in [3.05, 3.63) is 54.0 Å². The summed E-state index contributed by atoms with van der Waals surface area (Å²) in [6.45, 7) is 2.77. The highest BCUT2D eigenvalue weighted by molar-refractivity contribution is 6.09. The monoisotopic (exact) mass is 454 g/mol. The molecule has 2 aliphatic rings. The fourth-order valence-electron chi connectivity index (χ4n) is 4.23. The molecule has 1 aromatic carbocycles. The summed E-state index contributed by atoms with van der Waals surface area (Å²) < 4.78 is 10.3. The largest absolute Gasteiger partial charge is 0.497 e. The summed E-state index contributed by atoms with van der Waals surface area (Å²) in [7, 11) is 1.55. The van der Waals surface area contributed by atoms with E-state index in [1.54, 1.807) is 53.3 Å². The van der Waals surface area contributed by atoms with Gasteiger partial charge in [-0.3, -0.25) is 19.3 Å². The van der Waals surface area contributed by atoms with Crippen molar-refractivity contribution < 1.29 is 28.3 Å². The highest BCUT2D eigenvalue weighted by Crippen LogP contribution is 2.33. The minimum absolute atomic E-state index is 0.228. The van der Waals surface area contributed by atoms with Crippen LogP contribution in [-0.4, -0.2) is 78.3 Å². The van der Waals surface area contributed by atoms with Gasteiger partial charge in [-0.1, -0.05) is 19.1 Å². The van der Waals surface area contributed by atoms with E-state index in [0.29, 0.717) is 43.9 Å². The molecule has 1 atom stereocenters. The molecule has 10 heteroatoms. The van der Waals surface area contributed by atoms with Crippen LogP contribution in [0.2, 0.25) is 0 Å². The Balaban J connectivity index is 1.40. The third-order valence-corrected chi connectivity index (χ3v) is 6.23. The van der Waals surface area contributed by atoms with Crippen LogP contribution in [0.15, 0.2) is 47.1 Å². The van der Waals surface area contributed by atoms with Crippen LogP contribution in [0.1, 0.15) is 29.5 Å². The number of amides is 5. The average Bonchev–Trinajstić information content (AvgIpc) is 3.47. The summed E-state index contributed by atoms with van der Waals surface area (Å²) in [4.78, 5) is 55.4. The molecular formula is C23H26N4O6. The van der Waals surface area contributed by atoms with Crippen molar-refractivity contribution in [1.82, 2.24) is 20.0 Å². The van der Waals surface area contributed by atoms with Crippen LogP contribution >= 0.6 is 0 Å². The topological polar surface area (TPSA) is 112 Å². The Morgan fingerprint density at radius 1 is 1.06 bits per heavy atom. The van der Waals surface area contributed by atoms with Crippen LogP contribution in [0.3, 0.4) is 0 Å². The minimum Gasteiger partial charge on any atom is -0.497 e. The zero-order valence-corrected chi connectivity index (χ0v) is 18.6.